The van der Waals surface area contributed by atoms with Crippen molar-refractivity contribution in [3.05, 3.63) is 0 Å². The predicted octanol–water partition coefficient (Wildman–Crippen LogP) is 9.54. The third kappa shape index (κ3) is 16.9. The summed E-state index contributed by atoms with van der Waals surface area (Å²) in [6.45, 7) is 14.6. The van der Waals surface area contributed by atoms with Gasteiger partial charge in [-0.05, 0) is 46.2 Å². The molecule has 0 aromatic heterocycles. The molecule has 0 radical (unpaired) electrons. The summed E-state index contributed by atoms with van der Waals surface area (Å²) in [5.41, 5.74) is 0.387. The fraction of sp³-hybridized carbons (Fsp3) is 1.00. The highest BCUT2D eigenvalue weighted by molar-refractivity contribution is 4.81. The summed E-state index contributed by atoms with van der Waals surface area (Å²) >= 11 is 0. The molecule has 0 spiro atoms. The summed E-state index contributed by atoms with van der Waals surface area (Å²) in [6, 6.07) is 0. The Morgan fingerprint density at radius 3 is 1.14 bits per heavy atom. The summed E-state index contributed by atoms with van der Waals surface area (Å²) in [7, 11) is 0. The van der Waals surface area contributed by atoms with E-state index in [2.05, 4.69) is 39.5 Å². The zero-order valence-corrected chi connectivity index (χ0v) is 20.8. The van der Waals surface area contributed by atoms with Gasteiger partial charge in [-0.25, -0.2) is 0 Å². The summed E-state index contributed by atoms with van der Waals surface area (Å²) in [5, 5.41) is 0. The number of unbranched alkanes of at least 4 members (excludes halogenated alkanes) is 15. The van der Waals surface area contributed by atoms with Gasteiger partial charge in [0.05, 0.1) is 0 Å². The molecule has 1 nitrogen and oxygen atoms in total. The van der Waals surface area contributed by atoms with Gasteiger partial charge in [0.25, 0.3) is 0 Å². The van der Waals surface area contributed by atoms with Crippen LogP contribution in [-0.2, 0) is 0 Å². The summed E-state index contributed by atoms with van der Waals surface area (Å²) < 4.78 is 0. The van der Waals surface area contributed by atoms with Crippen molar-refractivity contribution in [2.75, 3.05) is 13.1 Å². The Morgan fingerprint density at radius 2 is 0.750 bits per heavy atom. The Bertz CT molecular complexity index is 281. The first-order valence-corrected chi connectivity index (χ1v) is 13.3. The highest BCUT2D eigenvalue weighted by Crippen LogP contribution is 2.24. The second kappa shape index (κ2) is 20.2. The molecule has 0 bridgehead atoms. The molecule has 0 fully saturated rings. The van der Waals surface area contributed by atoms with Crippen molar-refractivity contribution in [2.45, 2.75) is 162 Å². The fourth-order valence-electron chi connectivity index (χ4n) is 4.38. The van der Waals surface area contributed by atoms with E-state index in [-0.39, 0.29) is 0 Å². The van der Waals surface area contributed by atoms with Crippen LogP contribution in [0.2, 0.25) is 0 Å². The van der Waals surface area contributed by atoms with E-state index in [0.717, 1.165) is 0 Å². The first kappa shape index (κ1) is 28.0. The Balaban J connectivity index is 4.24. The van der Waals surface area contributed by atoms with Crippen molar-refractivity contribution in [1.82, 2.24) is 4.90 Å². The van der Waals surface area contributed by atoms with Crippen LogP contribution < -0.4 is 0 Å². The van der Waals surface area contributed by atoms with Gasteiger partial charge in [0.15, 0.2) is 0 Å². The van der Waals surface area contributed by atoms with Gasteiger partial charge in [-0.2, -0.15) is 0 Å². The van der Waals surface area contributed by atoms with Crippen molar-refractivity contribution >= 4 is 0 Å². The molecule has 0 aromatic carbocycles. The van der Waals surface area contributed by atoms with E-state index in [1.54, 1.807) is 0 Å². The number of rotatable bonds is 22. The molecular formula is C27H57N. The quantitative estimate of drug-likeness (QED) is 0.165. The lowest BCUT2D eigenvalue weighted by Crippen LogP contribution is -2.45. The van der Waals surface area contributed by atoms with Gasteiger partial charge < -0.3 is 0 Å². The molecule has 0 rings (SSSR count). The van der Waals surface area contributed by atoms with Crippen molar-refractivity contribution in [2.24, 2.45) is 0 Å². The lowest BCUT2D eigenvalue weighted by Gasteiger charge is -2.39. The van der Waals surface area contributed by atoms with Crippen LogP contribution >= 0.6 is 0 Å². The zero-order valence-electron chi connectivity index (χ0n) is 20.8. The fourth-order valence-corrected chi connectivity index (χ4v) is 4.38. The van der Waals surface area contributed by atoms with Crippen molar-refractivity contribution in [3.8, 4) is 0 Å². The summed E-state index contributed by atoms with van der Waals surface area (Å²) in [5.74, 6) is 0. The van der Waals surface area contributed by atoms with Crippen LogP contribution in [0.1, 0.15) is 157 Å². The van der Waals surface area contributed by atoms with Gasteiger partial charge in [0.2, 0.25) is 0 Å². The average Bonchev–Trinajstić information content (AvgIpc) is 2.68. The highest BCUT2D eigenvalue weighted by Gasteiger charge is 2.25. The molecule has 0 heterocycles. The van der Waals surface area contributed by atoms with Crippen LogP contribution in [0.3, 0.4) is 0 Å². The van der Waals surface area contributed by atoms with E-state index in [1.807, 2.05) is 0 Å². The highest BCUT2D eigenvalue weighted by atomic mass is 15.2. The van der Waals surface area contributed by atoms with Crippen molar-refractivity contribution in [1.29, 1.82) is 0 Å². The maximum atomic E-state index is 2.86. The van der Waals surface area contributed by atoms with Crippen molar-refractivity contribution in [3.63, 3.8) is 0 Å². The standard InChI is InChI=1S/C27H57N/c1-6-9-12-15-18-21-24-27(4,5)28(25-22-19-16-13-10-7-2)26-23-20-17-14-11-8-3/h6-26H2,1-5H3. The predicted molar refractivity (Wildman–Crippen MR) is 130 cm³/mol. The number of hydrogen-bond acceptors (Lipinski definition) is 1. The Morgan fingerprint density at radius 1 is 0.429 bits per heavy atom. The Labute approximate surface area is 180 Å². The molecule has 0 aliphatic heterocycles. The van der Waals surface area contributed by atoms with Gasteiger partial charge in [0, 0.05) is 5.54 Å². The molecule has 0 aliphatic rings. The van der Waals surface area contributed by atoms with E-state index in [0.29, 0.717) is 5.54 Å². The molecule has 0 saturated heterocycles. The minimum absolute atomic E-state index is 0.387. The van der Waals surface area contributed by atoms with Gasteiger partial charge in [-0.1, -0.05) is 124 Å². The monoisotopic (exact) mass is 395 g/mol. The summed E-state index contributed by atoms with van der Waals surface area (Å²) in [6.07, 6.45) is 26.9. The molecule has 0 atom stereocenters. The molecular weight excluding hydrogens is 338 g/mol. The maximum absolute atomic E-state index is 2.86. The number of hydrogen-bond donors (Lipinski definition) is 0. The van der Waals surface area contributed by atoms with Crippen LogP contribution in [0.15, 0.2) is 0 Å². The van der Waals surface area contributed by atoms with Crippen LogP contribution in [0.4, 0.5) is 0 Å². The molecule has 0 unspecified atom stereocenters. The smallest absolute Gasteiger partial charge is 0.0153 e. The Kier molecular flexibility index (Phi) is 20.2. The Hall–Kier alpha value is -0.0400. The van der Waals surface area contributed by atoms with Crippen LogP contribution in [0.5, 0.6) is 0 Å². The van der Waals surface area contributed by atoms with E-state index in [9.17, 15) is 0 Å². The van der Waals surface area contributed by atoms with Gasteiger partial charge in [-0.15, -0.1) is 0 Å². The first-order valence-electron chi connectivity index (χ1n) is 13.3. The second-order valence-corrected chi connectivity index (χ2v) is 9.85. The second-order valence-electron chi connectivity index (χ2n) is 9.85. The zero-order chi connectivity index (χ0) is 20.9. The molecule has 170 valence electrons. The minimum Gasteiger partial charge on any atom is -0.298 e. The van der Waals surface area contributed by atoms with Gasteiger partial charge >= 0.3 is 0 Å². The minimum atomic E-state index is 0.387. The normalized spacial score (nSPS) is 12.2. The molecule has 0 N–H and O–H groups in total. The molecule has 0 amide bonds. The molecule has 0 saturated carbocycles. The third-order valence-corrected chi connectivity index (χ3v) is 6.56. The lowest BCUT2D eigenvalue weighted by molar-refractivity contribution is 0.102. The topological polar surface area (TPSA) is 3.24 Å². The van der Waals surface area contributed by atoms with Crippen molar-refractivity contribution < 1.29 is 0 Å². The van der Waals surface area contributed by atoms with E-state index >= 15 is 0 Å². The van der Waals surface area contributed by atoms with Crippen LogP contribution in [-0.4, -0.2) is 23.5 Å². The molecule has 0 aromatic rings. The molecule has 1 heteroatoms. The average molecular weight is 396 g/mol. The maximum Gasteiger partial charge on any atom is 0.0153 e. The van der Waals surface area contributed by atoms with E-state index < -0.39 is 0 Å². The van der Waals surface area contributed by atoms with Crippen LogP contribution in [0.25, 0.3) is 0 Å². The SMILES string of the molecule is CCCCCCCCN(CCCCCCCC)C(C)(C)CCCCCCCC. The summed E-state index contributed by atoms with van der Waals surface area (Å²) in [4.78, 5) is 2.86. The molecule has 28 heavy (non-hydrogen) atoms. The van der Waals surface area contributed by atoms with Gasteiger partial charge in [-0.3, -0.25) is 4.90 Å². The van der Waals surface area contributed by atoms with E-state index in [4.69, 9.17) is 0 Å². The van der Waals surface area contributed by atoms with E-state index in [1.165, 1.54) is 135 Å². The number of nitrogens with zero attached hydrogens (tertiary/aromatic N) is 1. The third-order valence-electron chi connectivity index (χ3n) is 6.56. The lowest BCUT2D eigenvalue weighted by atomic mass is 9.93. The van der Waals surface area contributed by atoms with Gasteiger partial charge in [0.1, 0.15) is 0 Å². The first-order chi connectivity index (χ1) is 13.6. The largest absolute Gasteiger partial charge is 0.298 e. The molecule has 0 aliphatic carbocycles. The van der Waals surface area contributed by atoms with Crippen LogP contribution in [0, 0.1) is 0 Å².